The summed E-state index contributed by atoms with van der Waals surface area (Å²) in [4.78, 5) is 2.49. The summed E-state index contributed by atoms with van der Waals surface area (Å²) in [6, 6.07) is 10.1. The van der Waals surface area contributed by atoms with Gasteiger partial charge in [0.15, 0.2) is 0 Å². The lowest BCUT2D eigenvalue weighted by Crippen LogP contribution is -2.27. The van der Waals surface area contributed by atoms with Crippen LogP contribution < -0.4 is 0 Å². The number of halogens is 3. The molecule has 25 heavy (non-hydrogen) atoms. The second kappa shape index (κ2) is 6.63. The monoisotopic (exact) mass is 383 g/mol. The molecule has 134 valence electrons. The second-order valence-electron chi connectivity index (χ2n) is 7.00. The predicted molar refractivity (Wildman–Crippen MR) is 97.3 cm³/mol. The van der Waals surface area contributed by atoms with E-state index in [-0.39, 0.29) is 5.41 Å². The molecule has 2 aromatic rings. The smallest absolute Gasteiger partial charge is 0.302 e. The van der Waals surface area contributed by atoms with Crippen LogP contribution in [0.25, 0.3) is 0 Å². The minimum atomic E-state index is -4.25. The number of hydrogen-bond acceptors (Lipinski definition) is 3. The molecule has 0 spiro atoms. The molecule has 1 nitrogen and oxygen atoms in total. The summed E-state index contributed by atoms with van der Waals surface area (Å²) in [6.07, 6.45) is -1.97. The summed E-state index contributed by atoms with van der Waals surface area (Å²) in [6.45, 7) is 3.16. The topological polar surface area (TPSA) is 3.24 Å². The van der Waals surface area contributed by atoms with Crippen LogP contribution in [0.3, 0.4) is 0 Å². The molecule has 2 aliphatic rings. The van der Waals surface area contributed by atoms with Gasteiger partial charge in [-0.05, 0) is 54.4 Å². The number of fused-ring (bicyclic) bond motifs is 1. The summed E-state index contributed by atoms with van der Waals surface area (Å²) in [5.74, 6) is 1.74. The first kappa shape index (κ1) is 17.4. The van der Waals surface area contributed by atoms with Crippen molar-refractivity contribution in [1.82, 2.24) is 4.90 Å². The van der Waals surface area contributed by atoms with Gasteiger partial charge in [0.25, 0.3) is 0 Å². The zero-order valence-corrected chi connectivity index (χ0v) is 15.4. The minimum absolute atomic E-state index is 0.116. The van der Waals surface area contributed by atoms with E-state index in [9.17, 15) is 13.2 Å². The Morgan fingerprint density at radius 2 is 2.00 bits per heavy atom. The zero-order valence-electron chi connectivity index (χ0n) is 13.8. The van der Waals surface area contributed by atoms with Crippen molar-refractivity contribution in [2.24, 2.45) is 5.92 Å². The molecular weight excluding hydrogens is 363 g/mol. The molecule has 4 rings (SSSR count). The first-order valence-corrected chi connectivity index (χ1v) is 10.4. The Morgan fingerprint density at radius 3 is 2.68 bits per heavy atom. The Labute approximate surface area is 154 Å². The van der Waals surface area contributed by atoms with Gasteiger partial charge in [0.05, 0.1) is 9.77 Å². The number of hydrogen-bond donors (Lipinski definition) is 0. The standard InChI is InChI=1S/C19H20F3NS2/c20-19(21,22)15-6-4-14(5-7-15)18-11-16(18)12-23(13-18)8-2-10-25-17-3-1-9-24-17/h1,3-7,9,16H,2,8,10-13H2/t16-,18+/m0/s1. The normalized spacial score (nSPS) is 26.0. The van der Waals surface area contributed by atoms with Crippen LogP contribution in [0, 0.1) is 5.92 Å². The molecule has 6 heteroatoms. The van der Waals surface area contributed by atoms with Crippen LogP contribution in [0.5, 0.6) is 0 Å². The van der Waals surface area contributed by atoms with Crippen LogP contribution >= 0.6 is 23.1 Å². The molecular formula is C19H20F3NS2. The van der Waals surface area contributed by atoms with Gasteiger partial charge in [0, 0.05) is 24.3 Å². The van der Waals surface area contributed by atoms with Crippen molar-refractivity contribution in [1.29, 1.82) is 0 Å². The van der Waals surface area contributed by atoms with E-state index in [2.05, 4.69) is 22.4 Å². The fraction of sp³-hybridized carbons (Fsp3) is 0.474. The van der Waals surface area contributed by atoms with Crippen LogP contribution in [0.1, 0.15) is 24.0 Å². The van der Waals surface area contributed by atoms with Crippen LogP contribution in [-0.2, 0) is 11.6 Å². The van der Waals surface area contributed by atoms with E-state index >= 15 is 0 Å². The van der Waals surface area contributed by atoms with Crippen molar-refractivity contribution in [2.45, 2.75) is 28.6 Å². The molecule has 0 radical (unpaired) electrons. The van der Waals surface area contributed by atoms with Gasteiger partial charge in [-0.3, -0.25) is 0 Å². The van der Waals surface area contributed by atoms with Crippen molar-refractivity contribution >= 4 is 23.1 Å². The van der Waals surface area contributed by atoms with Gasteiger partial charge < -0.3 is 4.90 Å². The van der Waals surface area contributed by atoms with Crippen molar-refractivity contribution in [3.63, 3.8) is 0 Å². The number of likely N-dealkylation sites (tertiary alicyclic amines) is 1. The third-order valence-electron chi connectivity index (χ3n) is 5.36. The molecule has 2 heterocycles. The Morgan fingerprint density at radius 1 is 1.20 bits per heavy atom. The zero-order chi connectivity index (χ0) is 17.5. The molecule has 2 fully saturated rings. The number of piperidine rings is 1. The number of nitrogens with zero attached hydrogens (tertiary/aromatic N) is 1. The lowest BCUT2D eigenvalue weighted by molar-refractivity contribution is -0.137. The third-order valence-corrected chi connectivity index (χ3v) is 7.58. The second-order valence-corrected chi connectivity index (χ2v) is 9.34. The number of rotatable bonds is 6. The fourth-order valence-corrected chi connectivity index (χ4v) is 5.79. The number of thioether (sulfide) groups is 1. The molecule has 0 bridgehead atoms. The quantitative estimate of drug-likeness (QED) is 0.477. The first-order valence-electron chi connectivity index (χ1n) is 8.54. The molecule has 2 atom stereocenters. The maximum Gasteiger partial charge on any atom is 0.416 e. The van der Waals surface area contributed by atoms with Crippen molar-refractivity contribution in [3.8, 4) is 0 Å². The average molecular weight is 384 g/mol. The lowest BCUT2D eigenvalue weighted by Gasteiger charge is -2.21. The third kappa shape index (κ3) is 3.62. The van der Waals surface area contributed by atoms with E-state index in [0.717, 1.165) is 43.8 Å². The molecule has 1 aromatic heterocycles. The molecule has 0 amide bonds. The lowest BCUT2D eigenvalue weighted by atomic mass is 9.94. The van der Waals surface area contributed by atoms with Crippen molar-refractivity contribution in [2.75, 3.05) is 25.4 Å². The average Bonchev–Trinajstić information content (AvgIpc) is 2.96. The maximum absolute atomic E-state index is 12.7. The van der Waals surface area contributed by atoms with Gasteiger partial charge >= 0.3 is 6.18 Å². The molecule has 1 saturated carbocycles. The van der Waals surface area contributed by atoms with Crippen LogP contribution in [-0.4, -0.2) is 30.3 Å². The Balaban J connectivity index is 1.30. The molecule has 1 saturated heterocycles. The number of benzene rings is 1. The predicted octanol–water partition coefficient (Wildman–Crippen LogP) is 5.52. The number of alkyl halides is 3. The summed E-state index contributed by atoms with van der Waals surface area (Å²) in [7, 11) is 0. The SMILES string of the molecule is FC(F)(F)c1ccc([C@]23C[C@H]2CN(CCCSc2cccs2)C3)cc1. The van der Waals surface area contributed by atoms with Crippen LogP contribution in [0.2, 0.25) is 0 Å². The highest BCUT2D eigenvalue weighted by Gasteiger charge is 2.60. The van der Waals surface area contributed by atoms with Gasteiger partial charge in [0.2, 0.25) is 0 Å². The maximum atomic E-state index is 12.7. The molecule has 1 aliphatic heterocycles. The van der Waals surface area contributed by atoms with E-state index < -0.39 is 11.7 Å². The summed E-state index contributed by atoms with van der Waals surface area (Å²) in [5, 5.41) is 2.10. The molecule has 1 aliphatic carbocycles. The molecule has 0 N–H and O–H groups in total. The highest BCUT2D eigenvalue weighted by Crippen LogP contribution is 2.59. The Kier molecular flexibility index (Phi) is 4.63. The van der Waals surface area contributed by atoms with E-state index in [0.29, 0.717) is 5.92 Å². The summed E-state index contributed by atoms with van der Waals surface area (Å²) >= 11 is 3.69. The Bertz CT molecular complexity index is 711. The summed E-state index contributed by atoms with van der Waals surface area (Å²) < 4.78 is 39.6. The van der Waals surface area contributed by atoms with Crippen molar-refractivity contribution < 1.29 is 13.2 Å². The van der Waals surface area contributed by atoms with Gasteiger partial charge in [-0.15, -0.1) is 23.1 Å². The van der Waals surface area contributed by atoms with E-state index in [1.165, 1.54) is 16.3 Å². The van der Waals surface area contributed by atoms with Crippen LogP contribution in [0.15, 0.2) is 46.0 Å². The highest BCUT2D eigenvalue weighted by molar-refractivity contribution is 8.01. The first-order chi connectivity index (χ1) is 12.0. The van der Waals surface area contributed by atoms with Gasteiger partial charge in [0.1, 0.15) is 0 Å². The Hall–Kier alpha value is -0.980. The van der Waals surface area contributed by atoms with E-state index in [4.69, 9.17) is 0 Å². The number of thiophene rings is 1. The fourth-order valence-electron chi connectivity index (χ4n) is 4.00. The summed E-state index contributed by atoms with van der Waals surface area (Å²) in [5.41, 5.74) is 0.650. The van der Waals surface area contributed by atoms with Crippen LogP contribution in [0.4, 0.5) is 13.2 Å². The van der Waals surface area contributed by atoms with Crippen molar-refractivity contribution in [3.05, 3.63) is 52.9 Å². The minimum Gasteiger partial charge on any atom is -0.302 e. The van der Waals surface area contributed by atoms with Gasteiger partial charge in [-0.2, -0.15) is 13.2 Å². The van der Waals surface area contributed by atoms with Gasteiger partial charge in [-0.25, -0.2) is 0 Å². The largest absolute Gasteiger partial charge is 0.416 e. The van der Waals surface area contributed by atoms with E-state index in [1.54, 1.807) is 23.5 Å². The molecule has 1 aromatic carbocycles. The highest BCUT2D eigenvalue weighted by atomic mass is 32.2. The van der Waals surface area contributed by atoms with E-state index in [1.807, 2.05) is 11.8 Å². The van der Waals surface area contributed by atoms with Gasteiger partial charge in [-0.1, -0.05) is 18.2 Å². The molecule has 0 unspecified atom stereocenters.